The molecule has 0 radical (unpaired) electrons. The second kappa shape index (κ2) is 5.41. The van der Waals surface area contributed by atoms with E-state index in [1.165, 1.54) is 18.4 Å². The molecule has 0 bridgehead atoms. The minimum Gasteiger partial charge on any atom is -0.220 e. The molecule has 1 fully saturated rings. The van der Waals surface area contributed by atoms with Crippen molar-refractivity contribution in [2.24, 2.45) is 5.92 Å². The van der Waals surface area contributed by atoms with E-state index in [2.05, 4.69) is 53.6 Å². The van der Waals surface area contributed by atoms with E-state index in [0.29, 0.717) is 0 Å². The molecule has 110 valence electrons. The third-order valence-corrected chi connectivity index (χ3v) is 4.60. The van der Waals surface area contributed by atoms with Gasteiger partial charge in [0.1, 0.15) is 5.69 Å². The zero-order valence-corrected chi connectivity index (χ0v) is 12.7. The van der Waals surface area contributed by atoms with E-state index in [4.69, 9.17) is 0 Å². The van der Waals surface area contributed by atoms with Crippen molar-refractivity contribution in [3.63, 3.8) is 0 Å². The fourth-order valence-electron chi connectivity index (χ4n) is 3.11. The van der Waals surface area contributed by atoms with Crippen molar-refractivity contribution in [3.05, 3.63) is 66.4 Å². The van der Waals surface area contributed by atoms with Crippen molar-refractivity contribution in [1.82, 2.24) is 15.0 Å². The zero-order valence-electron chi connectivity index (χ0n) is 12.7. The average Bonchev–Trinajstić information content (AvgIpc) is 3.22. The molecule has 3 aromatic rings. The predicted molar refractivity (Wildman–Crippen MR) is 87.9 cm³/mol. The molecule has 1 saturated carbocycles. The van der Waals surface area contributed by atoms with Crippen LogP contribution in [-0.2, 0) is 0 Å². The first-order chi connectivity index (χ1) is 10.8. The summed E-state index contributed by atoms with van der Waals surface area (Å²) in [5.74, 6) is 1.66. The van der Waals surface area contributed by atoms with Gasteiger partial charge in [-0.15, -0.1) is 5.10 Å². The molecule has 1 aromatic heterocycles. The van der Waals surface area contributed by atoms with Crippen molar-refractivity contribution in [1.29, 1.82) is 0 Å². The van der Waals surface area contributed by atoms with Crippen LogP contribution < -0.4 is 0 Å². The van der Waals surface area contributed by atoms with Crippen LogP contribution in [0.1, 0.15) is 31.2 Å². The molecule has 0 amide bonds. The molecular weight excluding hydrogens is 270 g/mol. The molecule has 2 aromatic carbocycles. The first kappa shape index (κ1) is 13.3. The molecule has 4 rings (SSSR count). The highest BCUT2D eigenvalue weighted by Crippen LogP contribution is 2.49. The molecule has 1 heterocycles. The molecule has 3 nitrogen and oxygen atoms in total. The predicted octanol–water partition coefficient (Wildman–Crippen LogP) is 4.45. The molecule has 22 heavy (non-hydrogen) atoms. The Hall–Kier alpha value is -2.42. The van der Waals surface area contributed by atoms with E-state index < -0.39 is 0 Å². The highest BCUT2D eigenvalue weighted by Gasteiger charge is 2.36. The van der Waals surface area contributed by atoms with Gasteiger partial charge >= 0.3 is 0 Å². The number of hydrogen-bond donors (Lipinski definition) is 0. The fraction of sp³-hybridized carbons (Fsp3) is 0.263. The van der Waals surface area contributed by atoms with Crippen molar-refractivity contribution >= 4 is 0 Å². The smallest absolute Gasteiger partial charge is 0.113 e. The van der Waals surface area contributed by atoms with E-state index in [1.54, 1.807) is 0 Å². The van der Waals surface area contributed by atoms with Gasteiger partial charge in [0, 0.05) is 5.56 Å². The van der Waals surface area contributed by atoms with Gasteiger partial charge in [-0.25, -0.2) is 4.68 Å². The maximum atomic E-state index is 4.27. The summed E-state index contributed by atoms with van der Waals surface area (Å²) in [5, 5.41) is 8.52. The lowest BCUT2D eigenvalue weighted by Crippen LogP contribution is -1.95. The summed E-state index contributed by atoms with van der Waals surface area (Å²) < 4.78 is 1.84. The van der Waals surface area contributed by atoms with Crippen LogP contribution in [0.25, 0.3) is 16.9 Å². The van der Waals surface area contributed by atoms with E-state index >= 15 is 0 Å². The standard InChI is InChI=1S/C19H19N3/c1-2-14-12-18(14)15-8-10-17(11-9-15)22-13-19(20-21-22)16-6-4-3-5-7-16/h3-11,13-14,18H,2,12H2,1H3. The topological polar surface area (TPSA) is 30.7 Å². The first-order valence-corrected chi connectivity index (χ1v) is 7.93. The molecule has 2 atom stereocenters. The summed E-state index contributed by atoms with van der Waals surface area (Å²) >= 11 is 0. The lowest BCUT2D eigenvalue weighted by Gasteiger charge is -2.03. The van der Waals surface area contributed by atoms with Crippen LogP contribution in [-0.4, -0.2) is 15.0 Å². The van der Waals surface area contributed by atoms with Crippen molar-refractivity contribution in [2.45, 2.75) is 25.7 Å². The van der Waals surface area contributed by atoms with Crippen molar-refractivity contribution in [2.75, 3.05) is 0 Å². The Bertz CT molecular complexity index is 759. The monoisotopic (exact) mass is 289 g/mol. The van der Waals surface area contributed by atoms with E-state index in [-0.39, 0.29) is 0 Å². The summed E-state index contributed by atoms with van der Waals surface area (Å²) in [4.78, 5) is 0. The Morgan fingerprint density at radius 1 is 1.05 bits per heavy atom. The maximum Gasteiger partial charge on any atom is 0.113 e. The molecule has 0 aliphatic heterocycles. The van der Waals surface area contributed by atoms with Crippen LogP contribution in [0.5, 0.6) is 0 Å². The number of aromatic nitrogens is 3. The van der Waals surface area contributed by atoms with E-state index in [1.807, 2.05) is 29.1 Å². The Morgan fingerprint density at radius 3 is 2.50 bits per heavy atom. The van der Waals surface area contributed by atoms with Gasteiger partial charge < -0.3 is 0 Å². The third-order valence-electron chi connectivity index (χ3n) is 4.60. The molecular formula is C19H19N3. The molecule has 1 aliphatic rings. The normalized spacial score (nSPS) is 20.0. The van der Waals surface area contributed by atoms with Crippen LogP contribution >= 0.6 is 0 Å². The van der Waals surface area contributed by atoms with E-state index in [0.717, 1.165) is 28.8 Å². The maximum absolute atomic E-state index is 4.27. The highest BCUT2D eigenvalue weighted by molar-refractivity contribution is 5.57. The van der Waals surface area contributed by atoms with Crippen LogP contribution in [0.4, 0.5) is 0 Å². The van der Waals surface area contributed by atoms with Crippen LogP contribution in [0.2, 0.25) is 0 Å². The SMILES string of the molecule is CCC1CC1c1ccc(-n2cc(-c3ccccc3)nn2)cc1. The first-order valence-electron chi connectivity index (χ1n) is 7.93. The van der Waals surface area contributed by atoms with Crippen molar-refractivity contribution < 1.29 is 0 Å². The van der Waals surface area contributed by atoms with Gasteiger partial charge in [0.05, 0.1) is 11.9 Å². The zero-order chi connectivity index (χ0) is 14.9. The van der Waals surface area contributed by atoms with Crippen LogP contribution in [0, 0.1) is 5.92 Å². The van der Waals surface area contributed by atoms with Gasteiger partial charge in [-0.05, 0) is 36.0 Å². The number of nitrogens with zero attached hydrogens (tertiary/aromatic N) is 3. The lowest BCUT2D eigenvalue weighted by molar-refractivity contribution is 0.765. The van der Waals surface area contributed by atoms with Gasteiger partial charge in [-0.2, -0.15) is 0 Å². The number of rotatable bonds is 4. The largest absolute Gasteiger partial charge is 0.220 e. The molecule has 1 aliphatic carbocycles. The third kappa shape index (κ3) is 2.43. The van der Waals surface area contributed by atoms with Gasteiger partial charge in [0.2, 0.25) is 0 Å². The van der Waals surface area contributed by atoms with Gasteiger partial charge in [-0.1, -0.05) is 61.0 Å². The van der Waals surface area contributed by atoms with E-state index in [9.17, 15) is 0 Å². The average molecular weight is 289 g/mol. The lowest BCUT2D eigenvalue weighted by atomic mass is 10.1. The Kier molecular flexibility index (Phi) is 3.26. The Labute approximate surface area is 130 Å². The summed E-state index contributed by atoms with van der Waals surface area (Å²) in [6.07, 6.45) is 4.61. The highest BCUT2D eigenvalue weighted by atomic mass is 15.4. The van der Waals surface area contributed by atoms with Gasteiger partial charge in [-0.3, -0.25) is 0 Å². The number of hydrogen-bond acceptors (Lipinski definition) is 2. The van der Waals surface area contributed by atoms with Gasteiger partial charge in [0.15, 0.2) is 0 Å². The van der Waals surface area contributed by atoms with Crippen LogP contribution in [0.15, 0.2) is 60.8 Å². The molecule has 0 spiro atoms. The quantitative estimate of drug-likeness (QED) is 0.710. The molecule has 3 heteroatoms. The summed E-state index contributed by atoms with van der Waals surface area (Å²) in [6.45, 7) is 2.28. The van der Waals surface area contributed by atoms with Gasteiger partial charge in [0.25, 0.3) is 0 Å². The Morgan fingerprint density at radius 2 is 1.82 bits per heavy atom. The minimum atomic E-state index is 0.773. The molecule has 2 unspecified atom stereocenters. The fourth-order valence-corrected chi connectivity index (χ4v) is 3.11. The van der Waals surface area contributed by atoms with Crippen molar-refractivity contribution in [3.8, 4) is 16.9 Å². The summed E-state index contributed by atoms with van der Waals surface area (Å²) in [7, 11) is 0. The Balaban J connectivity index is 1.56. The second-order valence-corrected chi connectivity index (χ2v) is 6.02. The summed E-state index contributed by atoms with van der Waals surface area (Å²) in [6, 6.07) is 18.9. The summed E-state index contributed by atoms with van der Waals surface area (Å²) in [5.41, 5.74) is 4.51. The van der Waals surface area contributed by atoms with Crippen LogP contribution in [0.3, 0.4) is 0 Å². The second-order valence-electron chi connectivity index (χ2n) is 6.02. The minimum absolute atomic E-state index is 0.773. The molecule has 0 N–H and O–H groups in total. The molecule has 0 saturated heterocycles. The number of benzene rings is 2.